The fourth-order valence-corrected chi connectivity index (χ4v) is 5.47. The highest BCUT2D eigenvalue weighted by molar-refractivity contribution is 5.91. The third-order valence-corrected chi connectivity index (χ3v) is 7.46. The molecule has 36 heavy (non-hydrogen) atoms. The summed E-state index contributed by atoms with van der Waals surface area (Å²) in [7, 11) is 1.61. The van der Waals surface area contributed by atoms with Crippen LogP contribution >= 0.6 is 0 Å². The number of aromatic nitrogens is 5. The molecule has 1 aliphatic carbocycles. The second-order valence-corrected chi connectivity index (χ2v) is 9.89. The molecule has 11 heteroatoms. The van der Waals surface area contributed by atoms with Gasteiger partial charge in [0.1, 0.15) is 11.8 Å². The number of pyridine rings is 1. The standard InChI is InChI=1S/C25H31N7O4/c1-14(11-34-2)36-25-30-22(23(33)28-20-18-12-35-13-19(18)20)29-24(31-25)32-8-5-15(6-9-32)17-10-27-21-16(17)4-3-7-26-21/h3-4,7,10,14-15,18-20H,5-6,8-9,11-13H2,1-2H3,(H,26,27)(H,28,33)/t14-,18-,19+,20-/m1/s1. The number of nitrogens with zero attached hydrogens (tertiary/aromatic N) is 5. The van der Waals surface area contributed by atoms with E-state index in [9.17, 15) is 4.79 Å². The van der Waals surface area contributed by atoms with Crippen LogP contribution in [-0.4, -0.2) is 83.0 Å². The number of H-pyrrole nitrogens is 1. The third-order valence-electron chi connectivity index (χ3n) is 7.46. The highest BCUT2D eigenvalue weighted by atomic mass is 16.5. The van der Waals surface area contributed by atoms with Crippen molar-refractivity contribution in [2.45, 2.75) is 37.8 Å². The van der Waals surface area contributed by atoms with Crippen LogP contribution in [0, 0.1) is 11.8 Å². The van der Waals surface area contributed by atoms with E-state index in [0.717, 1.165) is 31.6 Å². The summed E-state index contributed by atoms with van der Waals surface area (Å²) >= 11 is 0. The first-order valence-electron chi connectivity index (χ1n) is 12.6. The number of piperidine rings is 1. The van der Waals surface area contributed by atoms with Crippen LogP contribution in [0.5, 0.6) is 6.01 Å². The Balaban J connectivity index is 1.19. The van der Waals surface area contributed by atoms with E-state index < -0.39 is 0 Å². The molecule has 0 unspecified atom stereocenters. The van der Waals surface area contributed by atoms with Gasteiger partial charge in [-0.3, -0.25) is 4.79 Å². The Bertz CT molecular complexity index is 1230. The number of methoxy groups -OCH3 is 1. The van der Waals surface area contributed by atoms with E-state index in [-0.39, 0.29) is 29.9 Å². The van der Waals surface area contributed by atoms with Gasteiger partial charge in [-0.25, -0.2) is 4.98 Å². The van der Waals surface area contributed by atoms with Gasteiger partial charge in [-0.15, -0.1) is 0 Å². The average Bonchev–Trinajstić information content (AvgIpc) is 3.23. The van der Waals surface area contributed by atoms with Crippen molar-refractivity contribution < 1.29 is 19.0 Å². The van der Waals surface area contributed by atoms with Crippen molar-refractivity contribution in [3.63, 3.8) is 0 Å². The minimum absolute atomic E-state index is 0.0790. The number of carbonyl (C=O) groups excluding carboxylic acids is 1. The summed E-state index contributed by atoms with van der Waals surface area (Å²) in [6.45, 7) is 5.18. The lowest BCUT2D eigenvalue weighted by molar-refractivity contribution is 0.0835. The number of nitrogens with one attached hydrogen (secondary N) is 2. The minimum Gasteiger partial charge on any atom is -0.458 e. The van der Waals surface area contributed by atoms with E-state index in [1.807, 2.05) is 13.0 Å². The first-order chi connectivity index (χ1) is 17.6. The number of hydrogen-bond donors (Lipinski definition) is 2. The van der Waals surface area contributed by atoms with Crippen molar-refractivity contribution in [1.82, 2.24) is 30.2 Å². The Morgan fingerprint density at radius 3 is 2.83 bits per heavy atom. The van der Waals surface area contributed by atoms with Crippen LogP contribution in [0.15, 0.2) is 24.5 Å². The average molecular weight is 494 g/mol. The predicted octanol–water partition coefficient (Wildman–Crippen LogP) is 1.92. The van der Waals surface area contributed by atoms with Gasteiger partial charge in [0.15, 0.2) is 0 Å². The van der Waals surface area contributed by atoms with Crippen LogP contribution < -0.4 is 15.0 Å². The maximum Gasteiger partial charge on any atom is 0.322 e. The summed E-state index contributed by atoms with van der Waals surface area (Å²) in [5, 5.41) is 4.24. The fourth-order valence-electron chi connectivity index (χ4n) is 5.47. The normalized spacial score (nSPS) is 24.5. The van der Waals surface area contributed by atoms with Crippen molar-refractivity contribution in [3.05, 3.63) is 35.9 Å². The van der Waals surface area contributed by atoms with Gasteiger partial charge >= 0.3 is 6.01 Å². The van der Waals surface area contributed by atoms with Crippen molar-refractivity contribution in [3.8, 4) is 6.01 Å². The Hall–Kier alpha value is -3.31. The molecule has 3 aromatic heterocycles. The number of ether oxygens (including phenoxy) is 3. The smallest absolute Gasteiger partial charge is 0.322 e. The van der Waals surface area contributed by atoms with Crippen molar-refractivity contribution in [1.29, 1.82) is 0 Å². The van der Waals surface area contributed by atoms with Gasteiger partial charge in [-0.1, -0.05) is 0 Å². The van der Waals surface area contributed by atoms with Crippen LogP contribution in [0.1, 0.15) is 41.9 Å². The first kappa shape index (κ1) is 23.1. The SMILES string of the molecule is COC[C@@H](C)Oc1nc(C(=O)N[C@@H]2[C@@H]3COC[C@@H]32)nc(N2CCC(c3c[nH]c4ncccc34)CC2)n1. The molecule has 0 aromatic carbocycles. The van der Waals surface area contributed by atoms with Gasteiger partial charge in [0.25, 0.3) is 5.91 Å². The molecule has 3 fully saturated rings. The lowest BCUT2D eigenvalue weighted by Crippen LogP contribution is -2.36. The number of amides is 1. The molecule has 11 nitrogen and oxygen atoms in total. The monoisotopic (exact) mass is 493 g/mol. The lowest BCUT2D eigenvalue weighted by Gasteiger charge is -2.32. The zero-order valence-electron chi connectivity index (χ0n) is 20.5. The number of anilines is 1. The second kappa shape index (κ2) is 9.62. The van der Waals surface area contributed by atoms with Crippen LogP contribution in [0.2, 0.25) is 0 Å². The number of carbonyl (C=O) groups is 1. The maximum absolute atomic E-state index is 13.0. The quantitative estimate of drug-likeness (QED) is 0.484. The van der Waals surface area contributed by atoms with Gasteiger partial charge in [0, 0.05) is 55.9 Å². The molecule has 3 aromatic rings. The number of rotatable bonds is 8. The molecule has 190 valence electrons. The van der Waals surface area contributed by atoms with Gasteiger partial charge < -0.3 is 29.4 Å². The Kier molecular flexibility index (Phi) is 6.18. The largest absolute Gasteiger partial charge is 0.458 e. The van der Waals surface area contributed by atoms with Gasteiger partial charge in [-0.05, 0) is 43.4 Å². The third kappa shape index (κ3) is 4.48. The van der Waals surface area contributed by atoms with Gasteiger partial charge in [0.05, 0.1) is 19.8 Å². The molecule has 1 saturated carbocycles. The van der Waals surface area contributed by atoms with Crippen LogP contribution in [0.4, 0.5) is 5.95 Å². The van der Waals surface area contributed by atoms with E-state index in [0.29, 0.717) is 43.5 Å². The van der Waals surface area contributed by atoms with Gasteiger partial charge in [-0.2, -0.15) is 15.0 Å². The molecule has 0 radical (unpaired) electrons. The van der Waals surface area contributed by atoms with E-state index in [4.69, 9.17) is 14.2 Å². The zero-order valence-corrected chi connectivity index (χ0v) is 20.5. The maximum atomic E-state index is 13.0. The second-order valence-electron chi connectivity index (χ2n) is 9.89. The predicted molar refractivity (Wildman–Crippen MR) is 131 cm³/mol. The Labute approximate surface area is 209 Å². The number of fused-ring (bicyclic) bond motifs is 2. The van der Waals surface area contributed by atoms with Crippen molar-refractivity contribution >= 4 is 22.9 Å². The van der Waals surface area contributed by atoms with E-state index in [2.05, 4.69) is 47.4 Å². The van der Waals surface area contributed by atoms with E-state index in [1.54, 1.807) is 13.3 Å². The summed E-state index contributed by atoms with van der Waals surface area (Å²) in [6, 6.07) is 4.35. The lowest BCUT2D eigenvalue weighted by atomic mass is 9.89. The molecular formula is C25H31N7O4. The molecule has 3 aliphatic rings. The van der Waals surface area contributed by atoms with Gasteiger partial charge in [0.2, 0.25) is 11.8 Å². The Morgan fingerprint density at radius 1 is 1.25 bits per heavy atom. The van der Waals surface area contributed by atoms with E-state index >= 15 is 0 Å². The molecule has 2 saturated heterocycles. The molecule has 2 aliphatic heterocycles. The first-order valence-corrected chi connectivity index (χ1v) is 12.6. The molecule has 0 spiro atoms. The van der Waals surface area contributed by atoms with Crippen molar-refractivity contribution in [2.24, 2.45) is 11.8 Å². The van der Waals surface area contributed by atoms with Crippen LogP contribution in [-0.2, 0) is 9.47 Å². The summed E-state index contributed by atoms with van der Waals surface area (Å²) in [5.41, 5.74) is 2.21. The molecule has 1 amide bonds. The highest BCUT2D eigenvalue weighted by Crippen LogP contribution is 2.44. The van der Waals surface area contributed by atoms with Crippen LogP contribution in [0.3, 0.4) is 0 Å². The topological polar surface area (TPSA) is 127 Å². The van der Waals surface area contributed by atoms with Crippen molar-refractivity contribution in [2.75, 3.05) is 44.9 Å². The molecule has 6 rings (SSSR count). The highest BCUT2D eigenvalue weighted by Gasteiger charge is 2.55. The molecule has 5 heterocycles. The fraction of sp³-hybridized carbons (Fsp3) is 0.560. The summed E-state index contributed by atoms with van der Waals surface area (Å²) < 4.78 is 16.5. The van der Waals surface area contributed by atoms with E-state index in [1.165, 1.54) is 10.9 Å². The summed E-state index contributed by atoms with van der Waals surface area (Å²) in [4.78, 5) is 36.3. The Morgan fingerprint density at radius 2 is 2.06 bits per heavy atom. The van der Waals surface area contributed by atoms with Crippen LogP contribution in [0.25, 0.3) is 11.0 Å². The minimum atomic E-state index is -0.302. The number of hydrogen-bond acceptors (Lipinski definition) is 9. The molecule has 0 bridgehead atoms. The molecule has 4 atom stereocenters. The molecular weight excluding hydrogens is 462 g/mol. The summed E-state index contributed by atoms with van der Waals surface area (Å²) in [5.74, 6) is 1.45. The zero-order chi connectivity index (χ0) is 24.6. The summed E-state index contributed by atoms with van der Waals surface area (Å²) in [6.07, 6.45) is 5.50. The number of aromatic amines is 1. The molecule has 2 N–H and O–H groups in total.